The lowest BCUT2D eigenvalue weighted by Gasteiger charge is -2.38. The first-order valence-corrected chi connectivity index (χ1v) is 10.3. The molecule has 0 aliphatic carbocycles. The molecule has 2 atom stereocenters. The van der Waals surface area contributed by atoms with Gasteiger partial charge in [-0.05, 0) is 18.4 Å². The van der Waals surface area contributed by atoms with Crippen LogP contribution in [0.1, 0.15) is 44.1 Å². The number of carboxylic acid groups (broad SMARTS) is 1. The van der Waals surface area contributed by atoms with Crippen molar-refractivity contribution in [1.29, 1.82) is 0 Å². The maximum Gasteiger partial charge on any atom is 0.341 e. The van der Waals surface area contributed by atoms with Crippen LogP contribution in [0.5, 0.6) is 5.75 Å². The summed E-state index contributed by atoms with van der Waals surface area (Å²) in [5, 5.41) is 15.2. The highest BCUT2D eigenvalue weighted by molar-refractivity contribution is 5.96. The second-order valence-electron chi connectivity index (χ2n) is 9.10. The van der Waals surface area contributed by atoms with Crippen molar-refractivity contribution in [3.05, 3.63) is 46.2 Å². The Labute approximate surface area is 180 Å². The number of aromatic carboxylic acids is 1. The highest BCUT2D eigenvalue weighted by Crippen LogP contribution is 2.43. The van der Waals surface area contributed by atoms with Gasteiger partial charge in [0, 0.05) is 24.8 Å². The lowest BCUT2D eigenvalue weighted by Crippen LogP contribution is -2.35. The molecule has 1 aromatic carbocycles. The molecule has 2 aromatic heterocycles. The average Bonchev–Trinajstić information content (AvgIpc) is 3.06. The summed E-state index contributed by atoms with van der Waals surface area (Å²) in [6.07, 6.45) is 1.32. The molecular weight excluding hydrogens is 398 g/mol. The minimum Gasteiger partial charge on any atom is -0.486 e. The highest BCUT2D eigenvalue weighted by Gasteiger charge is 2.35. The van der Waals surface area contributed by atoms with Crippen molar-refractivity contribution in [2.24, 2.45) is 5.41 Å². The van der Waals surface area contributed by atoms with Gasteiger partial charge in [0.05, 0.1) is 30.6 Å². The zero-order valence-corrected chi connectivity index (χ0v) is 18.4. The lowest BCUT2D eigenvalue weighted by molar-refractivity contribution is 0.0693. The monoisotopic (exact) mass is 425 g/mol. The van der Waals surface area contributed by atoms with Crippen LogP contribution in [-0.4, -0.2) is 45.2 Å². The van der Waals surface area contributed by atoms with Gasteiger partial charge in [0.15, 0.2) is 5.43 Å². The van der Waals surface area contributed by atoms with Gasteiger partial charge in [0.1, 0.15) is 22.9 Å². The summed E-state index contributed by atoms with van der Waals surface area (Å²) in [6, 6.07) is 7.04. The van der Waals surface area contributed by atoms with Crippen LogP contribution in [0.15, 0.2) is 35.3 Å². The summed E-state index contributed by atoms with van der Waals surface area (Å²) in [4.78, 5) is 24.2. The molecule has 0 saturated heterocycles. The first-order valence-electron chi connectivity index (χ1n) is 10.3. The summed E-state index contributed by atoms with van der Waals surface area (Å²) < 4.78 is 15.1. The van der Waals surface area contributed by atoms with Gasteiger partial charge in [-0.1, -0.05) is 32.9 Å². The van der Waals surface area contributed by atoms with E-state index in [2.05, 4.69) is 20.8 Å². The van der Waals surface area contributed by atoms with Crippen molar-refractivity contribution in [3.63, 3.8) is 0 Å². The van der Waals surface area contributed by atoms with Gasteiger partial charge in [0.2, 0.25) is 0 Å². The fraction of sp³-hybridized carbons (Fsp3) is 0.435. The number of hydrogen-bond acceptors (Lipinski definition) is 5. The van der Waals surface area contributed by atoms with E-state index < -0.39 is 11.4 Å². The Balaban J connectivity index is 1.96. The number of fused-ring (bicyclic) bond motifs is 5. The fourth-order valence-electron chi connectivity index (χ4n) is 4.21. The predicted molar refractivity (Wildman–Crippen MR) is 117 cm³/mol. The molecule has 8 nitrogen and oxygen atoms in total. The molecule has 1 N–H and O–H groups in total. The minimum absolute atomic E-state index is 0.0835. The molecular formula is C23H27N3O5. The number of ether oxygens (including phenoxy) is 2. The molecule has 1 aliphatic rings. The van der Waals surface area contributed by atoms with Crippen LogP contribution in [0.25, 0.3) is 22.3 Å². The number of benzene rings is 1. The first kappa shape index (κ1) is 21.1. The van der Waals surface area contributed by atoms with Gasteiger partial charge in [-0.2, -0.15) is 5.10 Å². The Hall–Kier alpha value is -3.13. The van der Waals surface area contributed by atoms with E-state index in [1.165, 1.54) is 12.3 Å². The van der Waals surface area contributed by atoms with Crippen LogP contribution in [0.2, 0.25) is 0 Å². The third-order valence-corrected chi connectivity index (χ3v) is 5.70. The third-order valence-electron chi connectivity index (χ3n) is 5.70. The van der Waals surface area contributed by atoms with Crippen LogP contribution < -0.4 is 10.2 Å². The summed E-state index contributed by atoms with van der Waals surface area (Å²) in [6.45, 7) is 9.21. The quantitative estimate of drug-likeness (QED) is 0.671. The van der Waals surface area contributed by atoms with Gasteiger partial charge in [0.25, 0.3) is 0 Å². The van der Waals surface area contributed by atoms with Crippen molar-refractivity contribution in [1.82, 2.24) is 14.3 Å². The summed E-state index contributed by atoms with van der Waals surface area (Å²) in [5.74, 6) is -0.577. The van der Waals surface area contributed by atoms with E-state index in [9.17, 15) is 14.7 Å². The number of carboxylic acids is 1. The highest BCUT2D eigenvalue weighted by atomic mass is 16.5. The maximum atomic E-state index is 12.6. The molecule has 1 aliphatic heterocycles. The normalized spacial score (nSPS) is 16.6. The summed E-state index contributed by atoms with van der Waals surface area (Å²) in [7, 11) is 1.63. The molecule has 3 heterocycles. The zero-order chi connectivity index (χ0) is 22.5. The van der Waals surface area contributed by atoms with Crippen molar-refractivity contribution >= 4 is 16.9 Å². The SMILES string of the molecule is COCC(C)Oc1cccc2c3n(nc12)CC(C(C)(C)C)n1cc(C(=O)O)c(=O)cc1-3. The number of rotatable bonds is 5. The van der Waals surface area contributed by atoms with Gasteiger partial charge >= 0.3 is 5.97 Å². The standard InChI is InChI=1S/C23H27N3O5/c1-13(12-30-5)31-18-8-6-7-14-20(18)24-26-11-19(23(2,3)4)25-10-15(22(28)29)17(27)9-16(25)21(14)26/h6-10,13,19H,11-12H2,1-5H3,(H,28,29). The van der Waals surface area contributed by atoms with E-state index >= 15 is 0 Å². The van der Waals surface area contributed by atoms with Gasteiger partial charge in [-0.25, -0.2) is 4.79 Å². The van der Waals surface area contributed by atoms with Gasteiger partial charge < -0.3 is 19.1 Å². The molecule has 4 rings (SSSR count). The minimum atomic E-state index is -1.22. The number of aromatic nitrogens is 3. The number of carbonyl (C=O) groups is 1. The van der Waals surface area contributed by atoms with Crippen molar-refractivity contribution in [2.45, 2.75) is 46.4 Å². The Morgan fingerprint density at radius 1 is 1.35 bits per heavy atom. The molecule has 3 aromatic rings. The molecule has 0 bridgehead atoms. The van der Waals surface area contributed by atoms with E-state index in [1.807, 2.05) is 34.4 Å². The first-order chi connectivity index (χ1) is 14.6. The predicted octanol–water partition coefficient (Wildman–Crippen LogP) is 3.58. The van der Waals surface area contributed by atoms with Crippen molar-refractivity contribution < 1.29 is 19.4 Å². The van der Waals surface area contributed by atoms with Crippen molar-refractivity contribution in [3.8, 4) is 17.1 Å². The van der Waals surface area contributed by atoms with Gasteiger partial charge in [-0.3, -0.25) is 9.48 Å². The molecule has 0 fully saturated rings. The van der Waals surface area contributed by atoms with Crippen LogP contribution in [0.4, 0.5) is 0 Å². The lowest BCUT2D eigenvalue weighted by atomic mass is 9.85. The van der Waals surface area contributed by atoms with E-state index in [-0.39, 0.29) is 23.1 Å². The van der Waals surface area contributed by atoms with E-state index in [1.54, 1.807) is 7.11 Å². The van der Waals surface area contributed by atoms with Crippen LogP contribution in [0, 0.1) is 5.41 Å². The second-order valence-corrected chi connectivity index (χ2v) is 9.10. The smallest absolute Gasteiger partial charge is 0.341 e. The molecule has 0 radical (unpaired) electrons. The largest absolute Gasteiger partial charge is 0.486 e. The number of hydrogen-bond donors (Lipinski definition) is 1. The van der Waals surface area contributed by atoms with E-state index in [4.69, 9.17) is 14.6 Å². The Morgan fingerprint density at radius 3 is 2.74 bits per heavy atom. The summed E-state index contributed by atoms with van der Waals surface area (Å²) >= 11 is 0. The Bertz CT molecular complexity index is 1220. The molecule has 8 heteroatoms. The molecule has 0 spiro atoms. The summed E-state index contributed by atoms with van der Waals surface area (Å²) in [5.41, 5.74) is 1.21. The van der Waals surface area contributed by atoms with E-state index in [0.717, 1.165) is 11.1 Å². The fourth-order valence-corrected chi connectivity index (χ4v) is 4.21. The topological polar surface area (TPSA) is 95.6 Å². The molecule has 31 heavy (non-hydrogen) atoms. The number of nitrogens with zero attached hydrogens (tertiary/aromatic N) is 3. The molecule has 0 saturated carbocycles. The van der Waals surface area contributed by atoms with Crippen molar-refractivity contribution in [2.75, 3.05) is 13.7 Å². The average molecular weight is 425 g/mol. The Morgan fingerprint density at radius 2 is 2.10 bits per heavy atom. The third kappa shape index (κ3) is 3.61. The second kappa shape index (κ2) is 7.53. The maximum absolute atomic E-state index is 12.6. The van der Waals surface area contributed by atoms with Crippen LogP contribution >= 0.6 is 0 Å². The number of methoxy groups -OCH3 is 1. The number of pyridine rings is 1. The van der Waals surface area contributed by atoms with E-state index in [0.29, 0.717) is 30.1 Å². The molecule has 2 unspecified atom stereocenters. The van der Waals surface area contributed by atoms with Crippen LogP contribution in [0.3, 0.4) is 0 Å². The van der Waals surface area contributed by atoms with Gasteiger partial charge in [-0.15, -0.1) is 0 Å². The van der Waals surface area contributed by atoms with Crippen LogP contribution in [-0.2, 0) is 11.3 Å². The molecule has 164 valence electrons. The zero-order valence-electron chi connectivity index (χ0n) is 18.4. The molecule has 0 amide bonds. The Kier molecular flexibility index (Phi) is 5.13.